The number of carbonyl (C=O) groups is 1. The van der Waals surface area contributed by atoms with Gasteiger partial charge in [0, 0.05) is 11.6 Å². The van der Waals surface area contributed by atoms with Crippen molar-refractivity contribution in [1.29, 1.82) is 0 Å². The molecule has 0 aliphatic carbocycles. The van der Waals surface area contributed by atoms with Gasteiger partial charge in [-0.1, -0.05) is 45.1 Å². The third-order valence-corrected chi connectivity index (χ3v) is 10.2. The summed E-state index contributed by atoms with van der Waals surface area (Å²) in [5, 5.41) is 1.10. The fourth-order valence-electron chi connectivity index (χ4n) is 2.66. The van der Waals surface area contributed by atoms with Gasteiger partial charge < -0.3 is 9.16 Å². The van der Waals surface area contributed by atoms with E-state index >= 15 is 0 Å². The summed E-state index contributed by atoms with van der Waals surface area (Å²) in [6.07, 6.45) is 5.45. The van der Waals surface area contributed by atoms with Crippen molar-refractivity contribution in [1.82, 2.24) is 9.97 Å². The smallest absolute Gasteiger partial charge is 0.315 e. The average molecular weight is 415 g/mol. The summed E-state index contributed by atoms with van der Waals surface area (Å²) < 4.78 is 11.3. The number of hydrogen-bond donors (Lipinski definition) is 0. The van der Waals surface area contributed by atoms with Crippen LogP contribution in [-0.2, 0) is 14.0 Å². The molecule has 1 unspecified atom stereocenters. The number of nitrogens with zero attached hydrogens (tertiary/aromatic N) is 2. The first-order chi connectivity index (χ1) is 13.3. The molecule has 0 amide bonds. The lowest BCUT2D eigenvalue weighted by Gasteiger charge is -2.38. The van der Waals surface area contributed by atoms with Crippen molar-refractivity contribution in [2.24, 2.45) is 5.41 Å². The van der Waals surface area contributed by atoms with Crippen LogP contribution in [0.3, 0.4) is 0 Å². The van der Waals surface area contributed by atoms with E-state index < -0.39 is 13.7 Å². The zero-order chi connectivity index (χ0) is 22.0. The Morgan fingerprint density at radius 1 is 1.17 bits per heavy atom. The van der Waals surface area contributed by atoms with Gasteiger partial charge >= 0.3 is 5.97 Å². The molecule has 1 aromatic carbocycles. The molecule has 0 fully saturated rings. The van der Waals surface area contributed by atoms with Crippen LogP contribution < -0.4 is 0 Å². The van der Waals surface area contributed by atoms with Gasteiger partial charge in [-0.25, -0.2) is 9.97 Å². The van der Waals surface area contributed by atoms with Gasteiger partial charge in [-0.05, 0) is 50.5 Å². The average Bonchev–Trinajstić information content (AvgIpc) is 2.63. The molecule has 0 N–H and O–H groups in total. The molecule has 0 aliphatic rings. The highest BCUT2D eigenvalue weighted by atomic mass is 28.4. The molecule has 0 bridgehead atoms. The van der Waals surface area contributed by atoms with Gasteiger partial charge in [0.05, 0.1) is 18.0 Å². The largest absolute Gasteiger partial charge is 0.468 e. The van der Waals surface area contributed by atoms with E-state index in [-0.39, 0.29) is 17.1 Å². The molecule has 1 atom stereocenters. The molecule has 2 rings (SSSR count). The van der Waals surface area contributed by atoms with Gasteiger partial charge in [0.1, 0.15) is 6.10 Å². The van der Waals surface area contributed by atoms with Crippen molar-refractivity contribution < 1.29 is 14.0 Å². The van der Waals surface area contributed by atoms with Gasteiger partial charge in [0.25, 0.3) is 0 Å². The van der Waals surface area contributed by atoms with E-state index in [2.05, 4.69) is 38.8 Å². The van der Waals surface area contributed by atoms with Crippen LogP contribution in [0.1, 0.15) is 59.0 Å². The number of fused-ring (bicyclic) bond motifs is 1. The molecule has 0 radical (unpaired) electrons. The van der Waals surface area contributed by atoms with Crippen molar-refractivity contribution in [2.75, 3.05) is 7.11 Å². The Kier molecular flexibility index (Phi) is 6.70. The van der Waals surface area contributed by atoms with Crippen LogP contribution in [0.25, 0.3) is 17.0 Å². The molecule has 5 nitrogen and oxygen atoms in total. The Morgan fingerprint density at radius 3 is 2.41 bits per heavy atom. The normalized spacial score (nSPS) is 14.4. The molecule has 0 aliphatic heterocycles. The lowest BCUT2D eigenvalue weighted by molar-refractivity contribution is -0.148. The van der Waals surface area contributed by atoms with Crippen molar-refractivity contribution >= 4 is 31.3 Å². The topological polar surface area (TPSA) is 61.3 Å². The first kappa shape index (κ1) is 23.2. The minimum Gasteiger partial charge on any atom is -0.468 e. The van der Waals surface area contributed by atoms with Crippen LogP contribution in [0.15, 0.2) is 30.5 Å². The monoisotopic (exact) mass is 414 g/mol. The molecule has 1 heterocycles. The fourth-order valence-corrected chi connectivity index (χ4v) is 4.00. The zero-order valence-corrected chi connectivity index (χ0v) is 20.2. The standard InChI is InChI=1S/C23H34N2O3Si/c1-16(28-29(8,9)22(2,3)4)20-24-15-18-11-10-17(14-19(18)25-20)12-13-23(5,6)21(26)27-7/h10-16H,1-9H3. The maximum atomic E-state index is 11.9. The maximum absolute atomic E-state index is 11.9. The number of rotatable bonds is 6. The Hall–Kier alpha value is -2.05. The van der Waals surface area contributed by atoms with Crippen LogP contribution in [0.4, 0.5) is 0 Å². The summed E-state index contributed by atoms with van der Waals surface area (Å²) in [7, 11) is -0.510. The number of esters is 1. The van der Waals surface area contributed by atoms with Gasteiger partial charge in [-0.2, -0.15) is 0 Å². The molecule has 29 heavy (non-hydrogen) atoms. The minimum atomic E-state index is -1.91. The van der Waals surface area contributed by atoms with E-state index in [0.29, 0.717) is 5.82 Å². The molecule has 2 aromatic rings. The lowest BCUT2D eigenvalue weighted by atomic mass is 9.92. The molecular formula is C23H34N2O3Si. The van der Waals surface area contributed by atoms with E-state index in [4.69, 9.17) is 14.1 Å². The van der Waals surface area contributed by atoms with Crippen molar-refractivity contribution in [3.8, 4) is 0 Å². The van der Waals surface area contributed by atoms with Gasteiger partial charge in [-0.3, -0.25) is 4.79 Å². The van der Waals surface area contributed by atoms with E-state index in [1.165, 1.54) is 7.11 Å². The van der Waals surface area contributed by atoms with Crippen LogP contribution in [0, 0.1) is 5.41 Å². The maximum Gasteiger partial charge on any atom is 0.315 e. The summed E-state index contributed by atoms with van der Waals surface area (Å²) in [5.74, 6) is 0.425. The van der Waals surface area contributed by atoms with E-state index in [0.717, 1.165) is 16.5 Å². The Morgan fingerprint density at radius 2 is 1.83 bits per heavy atom. The second-order valence-electron chi connectivity index (χ2n) is 9.61. The van der Waals surface area contributed by atoms with Crippen molar-refractivity contribution in [2.45, 2.75) is 65.8 Å². The quantitative estimate of drug-likeness (QED) is 0.433. The number of ether oxygens (including phenoxy) is 1. The predicted octanol–water partition coefficient (Wildman–Crippen LogP) is 5.93. The van der Waals surface area contributed by atoms with Crippen LogP contribution in [0.5, 0.6) is 0 Å². The molecule has 158 valence electrons. The molecule has 0 saturated heterocycles. The van der Waals surface area contributed by atoms with Gasteiger partial charge in [-0.15, -0.1) is 0 Å². The Balaban J connectivity index is 2.30. The second-order valence-corrected chi connectivity index (χ2v) is 14.4. The second kappa shape index (κ2) is 8.36. The summed E-state index contributed by atoms with van der Waals surface area (Å²) >= 11 is 0. The first-order valence-corrected chi connectivity index (χ1v) is 12.9. The van der Waals surface area contributed by atoms with Crippen LogP contribution in [0.2, 0.25) is 18.1 Å². The van der Waals surface area contributed by atoms with Crippen LogP contribution in [-0.4, -0.2) is 31.4 Å². The first-order valence-electron chi connectivity index (χ1n) is 9.99. The van der Waals surface area contributed by atoms with Gasteiger partial charge in [0.15, 0.2) is 14.1 Å². The molecular weight excluding hydrogens is 380 g/mol. The minimum absolute atomic E-state index is 0.127. The summed E-state index contributed by atoms with van der Waals surface area (Å²) in [6, 6.07) is 5.98. The van der Waals surface area contributed by atoms with Gasteiger partial charge in [0.2, 0.25) is 0 Å². The third-order valence-electron chi connectivity index (χ3n) is 5.67. The molecule has 6 heteroatoms. The summed E-state index contributed by atoms with van der Waals surface area (Å²) in [4.78, 5) is 21.2. The third kappa shape index (κ3) is 5.51. The van der Waals surface area contributed by atoms with Crippen molar-refractivity contribution in [3.05, 3.63) is 41.9 Å². The van der Waals surface area contributed by atoms with E-state index in [1.54, 1.807) is 0 Å². The molecule has 0 spiro atoms. The summed E-state index contributed by atoms with van der Waals surface area (Å²) in [6.45, 7) is 16.8. The highest BCUT2D eigenvalue weighted by molar-refractivity contribution is 6.74. The number of hydrogen-bond acceptors (Lipinski definition) is 5. The number of carbonyl (C=O) groups excluding carboxylic acids is 1. The lowest BCUT2D eigenvalue weighted by Crippen LogP contribution is -2.41. The fraction of sp³-hybridized carbons (Fsp3) is 0.522. The zero-order valence-electron chi connectivity index (χ0n) is 19.2. The highest BCUT2D eigenvalue weighted by Crippen LogP contribution is 2.39. The molecule has 1 aromatic heterocycles. The SMILES string of the molecule is COC(=O)C(C)(C)C=Cc1ccc2cnc(C(C)O[Si](C)(C)C(C)(C)C)nc2c1. The van der Waals surface area contributed by atoms with E-state index in [9.17, 15) is 4.79 Å². The molecule has 0 saturated carbocycles. The predicted molar refractivity (Wildman–Crippen MR) is 121 cm³/mol. The highest BCUT2D eigenvalue weighted by Gasteiger charge is 2.39. The number of aromatic nitrogens is 2. The van der Waals surface area contributed by atoms with E-state index in [1.807, 2.05) is 57.3 Å². The number of methoxy groups -OCH3 is 1. The Labute approximate surface area is 175 Å². The van der Waals surface area contributed by atoms with Crippen molar-refractivity contribution in [3.63, 3.8) is 0 Å². The summed E-state index contributed by atoms with van der Waals surface area (Å²) in [5.41, 5.74) is 1.14. The van der Waals surface area contributed by atoms with Crippen LogP contribution >= 0.6 is 0 Å². The number of benzene rings is 1. The Bertz CT molecular complexity index is 914.